The quantitative estimate of drug-likeness (QED) is 0.871. The third-order valence-corrected chi connectivity index (χ3v) is 3.43. The van der Waals surface area contributed by atoms with Gasteiger partial charge in [-0.25, -0.2) is 0 Å². The summed E-state index contributed by atoms with van der Waals surface area (Å²) in [4.78, 5) is 25.2. The highest BCUT2D eigenvalue weighted by Crippen LogP contribution is 2.42. The minimum atomic E-state index is -0.936. The van der Waals surface area contributed by atoms with E-state index in [0.717, 1.165) is 5.56 Å². The van der Waals surface area contributed by atoms with Crippen molar-refractivity contribution >= 4 is 11.9 Å². The van der Waals surface area contributed by atoms with Crippen molar-refractivity contribution in [2.75, 3.05) is 0 Å². The van der Waals surface area contributed by atoms with Gasteiger partial charge < -0.3 is 10.0 Å². The van der Waals surface area contributed by atoms with Crippen LogP contribution in [0.2, 0.25) is 0 Å². The fraction of sp³-hybridized carbons (Fsp3) is 0.615. The Morgan fingerprint density at radius 3 is 2.53 bits per heavy atom. The second-order valence-corrected chi connectivity index (χ2v) is 5.98. The molecule has 0 bridgehead atoms. The fourth-order valence-corrected chi connectivity index (χ4v) is 2.72. The Hall–Kier alpha value is -1.85. The molecule has 2 heterocycles. The van der Waals surface area contributed by atoms with Gasteiger partial charge in [0.25, 0.3) is 0 Å². The van der Waals surface area contributed by atoms with E-state index in [4.69, 9.17) is 0 Å². The summed E-state index contributed by atoms with van der Waals surface area (Å²) in [5, 5.41) is 13.4. The smallest absolute Gasteiger partial charge is 0.309 e. The minimum absolute atomic E-state index is 0.0478. The Balaban J connectivity index is 2.47. The van der Waals surface area contributed by atoms with Crippen LogP contribution in [0.25, 0.3) is 0 Å². The van der Waals surface area contributed by atoms with Crippen LogP contribution in [0.5, 0.6) is 0 Å². The van der Waals surface area contributed by atoms with Crippen LogP contribution >= 0.6 is 0 Å². The monoisotopic (exact) mass is 265 g/mol. The van der Waals surface area contributed by atoms with Gasteiger partial charge in [-0.1, -0.05) is 0 Å². The normalized spacial score (nSPS) is 24.0. The maximum atomic E-state index is 12.2. The first kappa shape index (κ1) is 13.6. The maximum absolute atomic E-state index is 12.2. The van der Waals surface area contributed by atoms with E-state index in [2.05, 4.69) is 5.10 Å². The molecular formula is C13H19N3O3. The number of aromatic nitrogens is 2. The van der Waals surface area contributed by atoms with Gasteiger partial charge in [0.1, 0.15) is 0 Å². The molecule has 1 fully saturated rings. The van der Waals surface area contributed by atoms with Crippen molar-refractivity contribution in [2.45, 2.75) is 38.8 Å². The van der Waals surface area contributed by atoms with E-state index in [1.807, 2.05) is 20.8 Å². The molecule has 1 aromatic heterocycles. The Labute approximate surface area is 112 Å². The zero-order chi connectivity index (χ0) is 14.4. The number of aliphatic carboxylic acids is 1. The third-order valence-electron chi connectivity index (χ3n) is 3.43. The standard InChI is InChI=1S/C13H19N3O3/c1-13(2,3)16-10(17)5-9(12(18)19)11(16)8-6-14-15(4)7-8/h6-7,9,11H,5H2,1-4H3,(H,18,19)/t9-,11+/m1/s1. The minimum Gasteiger partial charge on any atom is -0.481 e. The van der Waals surface area contributed by atoms with Crippen molar-refractivity contribution in [1.29, 1.82) is 0 Å². The molecular weight excluding hydrogens is 246 g/mol. The number of likely N-dealkylation sites (tertiary alicyclic amines) is 1. The largest absolute Gasteiger partial charge is 0.481 e. The molecule has 19 heavy (non-hydrogen) atoms. The number of carboxylic acids is 1. The summed E-state index contributed by atoms with van der Waals surface area (Å²) in [5.74, 6) is -1.77. The number of hydrogen-bond donors (Lipinski definition) is 1. The molecule has 1 aromatic rings. The first-order valence-corrected chi connectivity index (χ1v) is 6.25. The highest BCUT2D eigenvalue weighted by Gasteiger charge is 2.48. The zero-order valence-electron chi connectivity index (χ0n) is 11.6. The van der Waals surface area contributed by atoms with Crippen LogP contribution in [-0.2, 0) is 16.6 Å². The molecule has 104 valence electrons. The van der Waals surface area contributed by atoms with Crippen molar-refractivity contribution in [3.8, 4) is 0 Å². The van der Waals surface area contributed by atoms with E-state index in [0.29, 0.717) is 0 Å². The van der Waals surface area contributed by atoms with E-state index in [1.165, 1.54) is 0 Å². The molecule has 6 nitrogen and oxygen atoms in total. The maximum Gasteiger partial charge on any atom is 0.309 e. The van der Waals surface area contributed by atoms with Crippen molar-refractivity contribution in [3.05, 3.63) is 18.0 Å². The first-order chi connectivity index (χ1) is 8.71. The predicted molar refractivity (Wildman–Crippen MR) is 68.3 cm³/mol. The van der Waals surface area contributed by atoms with Gasteiger partial charge in [-0.3, -0.25) is 14.3 Å². The van der Waals surface area contributed by atoms with Crippen LogP contribution in [0.15, 0.2) is 12.4 Å². The summed E-state index contributed by atoms with van der Waals surface area (Å²) in [5.41, 5.74) is 0.359. The molecule has 0 spiro atoms. The molecule has 2 rings (SSSR count). The molecule has 1 aliphatic rings. The molecule has 0 aliphatic carbocycles. The molecule has 1 N–H and O–H groups in total. The zero-order valence-corrected chi connectivity index (χ0v) is 11.6. The summed E-state index contributed by atoms with van der Waals surface area (Å²) in [6, 6.07) is -0.446. The summed E-state index contributed by atoms with van der Waals surface area (Å²) in [6.07, 6.45) is 3.46. The lowest BCUT2D eigenvalue weighted by Gasteiger charge is -2.37. The number of rotatable bonds is 2. The third kappa shape index (κ3) is 2.34. The van der Waals surface area contributed by atoms with E-state index < -0.39 is 23.5 Å². The van der Waals surface area contributed by atoms with Gasteiger partial charge in [0, 0.05) is 30.8 Å². The summed E-state index contributed by atoms with van der Waals surface area (Å²) in [7, 11) is 1.78. The highest BCUT2D eigenvalue weighted by atomic mass is 16.4. The van der Waals surface area contributed by atoms with E-state index in [-0.39, 0.29) is 12.3 Å². The predicted octanol–water partition coefficient (Wildman–Crippen LogP) is 1.19. The Morgan fingerprint density at radius 2 is 2.11 bits per heavy atom. The molecule has 0 radical (unpaired) electrons. The van der Waals surface area contributed by atoms with Crippen molar-refractivity contribution in [3.63, 3.8) is 0 Å². The number of hydrogen-bond acceptors (Lipinski definition) is 3. The first-order valence-electron chi connectivity index (χ1n) is 6.25. The Morgan fingerprint density at radius 1 is 1.47 bits per heavy atom. The van der Waals surface area contributed by atoms with Crippen molar-refractivity contribution < 1.29 is 14.7 Å². The highest BCUT2D eigenvalue weighted by molar-refractivity contribution is 5.87. The van der Waals surface area contributed by atoms with Crippen molar-refractivity contribution in [1.82, 2.24) is 14.7 Å². The number of carboxylic acid groups (broad SMARTS) is 1. The van der Waals surface area contributed by atoms with E-state index in [9.17, 15) is 14.7 Å². The van der Waals surface area contributed by atoms with Gasteiger partial charge in [0.15, 0.2) is 0 Å². The average Bonchev–Trinajstić information content (AvgIpc) is 2.80. The van der Waals surface area contributed by atoms with Crippen LogP contribution in [0.3, 0.4) is 0 Å². The van der Waals surface area contributed by atoms with Gasteiger partial charge in [-0.2, -0.15) is 5.10 Å². The SMILES string of the molecule is Cn1cc([C@H]2[C@H](C(=O)O)CC(=O)N2C(C)(C)C)cn1. The van der Waals surface area contributed by atoms with Gasteiger partial charge in [-0.15, -0.1) is 0 Å². The molecule has 1 aliphatic heterocycles. The summed E-state index contributed by atoms with van der Waals surface area (Å²) in [6.45, 7) is 5.75. The topological polar surface area (TPSA) is 75.4 Å². The van der Waals surface area contributed by atoms with Crippen LogP contribution in [0, 0.1) is 5.92 Å². The number of carbonyl (C=O) groups is 2. The van der Waals surface area contributed by atoms with Gasteiger partial charge in [-0.05, 0) is 20.8 Å². The lowest BCUT2D eigenvalue weighted by atomic mass is 9.93. The second kappa shape index (κ2) is 4.36. The molecule has 2 atom stereocenters. The van der Waals surface area contributed by atoms with E-state index in [1.54, 1.807) is 29.0 Å². The van der Waals surface area contributed by atoms with E-state index >= 15 is 0 Å². The Kier molecular flexibility index (Phi) is 3.12. The summed E-state index contributed by atoms with van der Waals surface area (Å²) >= 11 is 0. The van der Waals surface area contributed by atoms with Crippen LogP contribution in [0.4, 0.5) is 0 Å². The van der Waals surface area contributed by atoms with Crippen molar-refractivity contribution in [2.24, 2.45) is 13.0 Å². The van der Waals surface area contributed by atoms with Crippen LogP contribution in [-0.4, -0.2) is 37.2 Å². The molecule has 0 saturated carbocycles. The van der Waals surface area contributed by atoms with Gasteiger partial charge in [0.2, 0.25) is 5.91 Å². The molecule has 6 heteroatoms. The lowest BCUT2D eigenvalue weighted by Crippen LogP contribution is -2.44. The average molecular weight is 265 g/mol. The molecule has 0 unspecified atom stereocenters. The van der Waals surface area contributed by atoms with Gasteiger partial charge >= 0.3 is 5.97 Å². The van der Waals surface area contributed by atoms with Gasteiger partial charge in [0.05, 0.1) is 18.2 Å². The summed E-state index contributed by atoms with van der Waals surface area (Å²) < 4.78 is 1.62. The molecule has 0 aromatic carbocycles. The second-order valence-electron chi connectivity index (χ2n) is 5.98. The number of carbonyl (C=O) groups excluding carboxylic acids is 1. The Bertz CT molecular complexity index is 515. The van der Waals surface area contributed by atoms with Crippen LogP contribution < -0.4 is 0 Å². The lowest BCUT2D eigenvalue weighted by molar-refractivity contribution is -0.142. The number of nitrogens with zero attached hydrogens (tertiary/aromatic N) is 3. The molecule has 1 saturated heterocycles. The fourth-order valence-electron chi connectivity index (χ4n) is 2.72. The molecule has 1 amide bonds. The number of aryl methyl sites for hydroxylation is 1. The number of amides is 1. The van der Waals surface area contributed by atoms with Crippen LogP contribution in [0.1, 0.15) is 38.8 Å².